The summed E-state index contributed by atoms with van der Waals surface area (Å²) in [5.41, 5.74) is 1.08. The van der Waals surface area contributed by atoms with Crippen molar-refractivity contribution in [3.8, 4) is 0 Å². The van der Waals surface area contributed by atoms with Crippen LogP contribution in [0.25, 0.3) is 0 Å². The van der Waals surface area contributed by atoms with Crippen molar-refractivity contribution in [1.82, 2.24) is 0 Å². The molecule has 1 aromatic carbocycles. The van der Waals surface area contributed by atoms with Crippen molar-refractivity contribution in [2.75, 3.05) is 0 Å². The molecule has 12 heavy (non-hydrogen) atoms. The first-order valence-electron chi connectivity index (χ1n) is 3.55. The molecule has 1 N–H and O–H groups in total. The number of aliphatic carboxylic acids is 1. The summed E-state index contributed by atoms with van der Waals surface area (Å²) < 4.78 is 0. The second-order valence-electron chi connectivity index (χ2n) is 2.38. The fraction of sp³-hybridized carbons (Fsp3) is 0.222. The molecule has 1 rings (SSSR count). The Kier molecular flexibility index (Phi) is 7.62. The number of hydrogen-bond acceptors (Lipinski definition) is 1. The molecule has 0 aliphatic heterocycles. The molecule has 1 aromatic rings. The van der Waals surface area contributed by atoms with Gasteiger partial charge in [-0.1, -0.05) is 30.3 Å². The minimum absolute atomic E-state index is 0. The van der Waals surface area contributed by atoms with E-state index in [-0.39, 0.29) is 76.7 Å². The van der Waals surface area contributed by atoms with E-state index in [1.807, 2.05) is 30.3 Å². The Morgan fingerprint density at radius 1 is 1.33 bits per heavy atom. The van der Waals surface area contributed by atoms with Gasteiger partial charge in [0.05, 0.1) is 0 Å². The minimum atomic E-state index is -0.742. The van der Waals surface area contributed by atoms with Crippen LogP contribution in [0.2, 0.25) is 0 Å². The number of carboxylic acids is 1. The zero-order chi connectivity index (χ0) is 8.10. The molecule has 0 atom stereocenters. The van der Waals surface area contributed by atoms with Crippen molar-refractivity contribution in [2.24, 2.45) is 0 Å². The van der Waals surface area contributed by atoms with Crippen molar-refractivity contribution in [3.05, 3.63) is 35.9 Å². The molecule has 0 saturated heterocycles. The van der Waals surface area contributed by atoms with Crippen molar-refractivity contribution in [2.45, 2.75) is 12.8 Å². The van der Waals surface area contributed by atoms with E-state index >= 15 is 0 Å². The van der Waals surface area contributed by atoms with Crippen LogP contribution in [0.4, 0.5) is 0 Å². The van der Waals surface area contributed by atoms with Crippen LogP contribution in [0, 0.1) is 0 Å². The van der Waals surface area contributed by atoms with E-state index in [2.05, 4.69) is 0 Å². The third-order valence-corrected chi connectivity index (χ3v) is 1.47. The maximum absolute atomic E-state index is 10.2. The van der Waals surface area contributed by atoms with Gasteiger partial charge in [-0.2, -0.15) is 0 Å². The molecule has 0 fully saturated rings. The SMILES string of the molecule is O=C(O)CCc1ccccc1.[Cs+].[H-]. The van der Waals surface area contributed by atoms with Gasteiger partial charge in [0, 0.05) is 6.42 Å². The summed E-state index contributed by atoms with van der Waals surface area (Å²) in [5.74, 6) is -0.742. The van der Waals surface area contributed by atoms with E-state index in [1.165, 1.54) is 0 Å². The van der Waals surface area contributed by atoms with Crippen LogP contribution in [0.5, 0.6) is 0 Å². The van der Waals surface area contributed by atoms with Crippen LogP contribution in [0.3, 0.4) is 0 Å². The maximum Gasteiger partial charge on any atom is 1.00 e. The average molecular weight is 284 g/mol. The zero-order valence-corrected chi connectivity index (χ0v) is 13.4. The predicted molar refractivity (Wildman–Crippen MR) is 43.5 cm³/mol. The van der Waals surface area contributed by atoms with Gasteiger partial charge in [-0.15, -0.1) is 0 Å². The van der Waals surface area contributed by atoms with Crippen molar-refractivity contribution >= 4 is 5.97 Å². The molecule has 0 unspecified atom stereocenters. The molecular formula is C9H11CsO2. The fourth-order valence-corrected chi connectivity index (χ4v) is 0.896. The van der Waals surface area contributed by atoms with Crippen LogP contribution >= 0.6 is 0 Å². The molecule has 0 amide bonds. The van der Waals surface area contributed by atoms with Gasteiger partial charge in [-0.25, -0.2) is 0 Å². The molecule has 0 aromatic heterocycles. The summed E-state index contributed by atoms with van der Waals surface area (Å²) in [5, 5.41) is 8.37. The van der Waals surface area contributed by atoms with Crippen molar-refractivity contribution in [1.29, 1.82) is 0 Å². The quantitative estimate of drug-likeness (QED) is 0.759. The molecule has 0 spiro atoms. The van der Waals surface area contributed by atoms with E-state index in [9.17, 15) is 4.79 Å². The molecule has 2 nitrogen and oxygen atoms in total. The molecule has 0 aliphatic rings. The number of hydrogen-bond donors (Lipinski definition) is 1. The molecule has 0 radical (unpaired) electrons. The Morgan fingerprint density at radius 3 is 2.42 bits per heavy atom. The number of benzene rings is 1. The first kappa shape index (κ1) is 12.7. The van der Waals surface area contributed by atoms with E-state index in [4.69, 9.17) is 5.11 Å². The summed E-state index contributed by atoms with van der Waals surface area (Å²) in [6.07, 6.45) is 0.834. The topological polar surface area (TPSA) is 37.3 Å². The summed E-state index contributed by atoms with van der Waals surface area (Å²) in [4.78, 5) is 10.2. The second-order valence-corrected chi connectivity index (χ2v) is 2.38. The Bertz CT molecular complexity index is 239. The van der Waals surface area contributed by atoms with Crippen LogP contribution in [0.15, 0.2) is 30.3 Å². The van der Waals surface area contributed by atoms with Gasteiger partial charge in [0.2, 0.25) is 0 Å². The van der Waals surface area contributed by atoms with Gasteiger partial charge in [0.15, 0.2) is 0 Å². The average Bonchev–Trinajstić information content (AvgIpc) is 2.03. The standard InChI is InChI=1S/C9H10O2.Cs.H/c10-9(11)7-6-8-4-2-1-3-5-8;;/h1-5H,6-7H2,(H,10,11);;/q;+1;-1. The van der Waals surface area contributed by atoms with E-state index in [0.29, 0.717) is 6.42 Å². The Hall–Kier alpha value is 0.742. The minimum Gasteiger partial charge on any atom is -1.00 e. The number of aryl methyl sites for hydroxylation is 1. The van der Waals surface area contributed by atoms with Crippen LogP contribution in [-0.4, -0.2) is 11.1 Å². The summed E-state index contributed by atoms with van der Waals surface area (Å²) in [7, 11) is 0. The summed E-state index contributed by atoms with van der Waals surface area (Å²) in [6, 6.07) is 9.62. The van der Waals surface area contributed by atoms with Gasteiger partial charge in [-0.05, 0) is 12.0 Å². The van der Waals surface area contributed by atoms with Crippen LogP contribution in [0.1, 0.15) is 13.4 Å². The Labute approximate surface area is 132 Å². The van der Waals surface area contributed by atoms with Gasteiger partial charge in [0.1, 0.15) is 0 Å². The van der Waals surface area contributed by atoms with Gasteiger partial charge in [0.25, 0.3) is 0 Å². The monoisotopic (exact) mass is 284 g/mol. The van der Waals surface area contributed by atoms with Crippen molar-refractivity contribution < 1.29 is 80.2 Å². The molecule has 3 heteroatoms. The number of carboxylic acid groups (broad SMARTS) is 1. The third kappa shape index (κ3) is 5.40. The summed E-state index contributed by atoms with van der Waals surface area (Å²) >= 11 is 0. The number of rotatable bonds is 3. The fourth-order valence-electron chi connectivity index (χ4n) is 0.896. The second kappa shape index (κ2) is 7.17. The molecule has 0 aliphatic carbocycles. The molecule has 60 valence electrons. The third-order valence-electron chi connectivity index (χ3n) is 1.47. The smallest absolute Gasteiger partial charge is 1.00 e. The van der Waals surface area contributed by atoms with Gasteiger partial charge in [-0.3, -0.25) is 4.79 Å². The van der Waals surface area contributed by atoms with Gasteiger partial charge >= 0.3 is 74.9 Å². The van der Waals surface area contributed by atoms with Crippen molar-refractivity contribution in [3.63, 3.8) is 0 Å². The normalized spacial score (nSPS) is 8.67. The van der Waals surface area contributed by atoms with Gasteiger partial charge < -0.3 is 6.53 Å². The van der Waals surface area contributed by atoms with E-state index in [0.717, 1.165) is 5.56 Å². The Balaban J connectivity index is 0. The Morgan fingerprint density at radius 2 is 1.92 bits per heavy atom. The summed E-state index contributed by atoms with van der Waals surface area (Å²) in [6.45, 7) is 0. The predicted octanol–water partition coefficient (Wildman–Crippen LogP) is -1.18. The zero-order valence-electron chi connectivity index (χ0n) is 8.16. The van der Waals surface area contributed by atoms with Crippen LogP contribution in [-0.2, 0) is 11.2 Å². The molecule has 0 heterocycles. The van der Waals surface area contributed by atoms with Crippen LogP contribution < -0.4 is 68.9 Å². The number of carbonyl (C=O) groups is 1. The molecule has 0 saturated carbocycles. The molecule has 0 bridgehead atoms. The first-order valence-corrected chi connectivity index (χ1v) is 3.55. The van der Waals surface area contributed by atoms with E-state index < -0.39 is 5.97 Å². The molecular weight excluding hydrogens is 273 g/mol. The maximum atomic E-state index is 10.2. The first-order chi connectivity index (χ1) is 5.29. The van der Waals surface area contributed by atoms with E-state index in [1.54, 1.807) is 0 Å². The largest absolute Gasteiger partial charge is 1.00 e.